The van der Waals surface area contributed by atoms with Gasteiger partial charge in [-0.15, -0.1) is 0 Å². The zero-order chi connectivity index (χ0) is 25.9. The van der Waals surface area contributed by atoms with Crippen molar-refractivity contribution in [2.45, 2.75) is 93.1 Å². The molecule has 2 atom stereocenters. The van der Waals surface area contributed by atoms with E-state index in [2.05, 4.69) is 72.7 Å². The zero-order valence-electron chi connectivity index (χ0n) is 22.5. The molecule has 0 spiro atoms. The van der Waals surface area contributed by atoms with Crippen molar-refractivity contribution in [1.82, 2.24) is 0 Å². The number of rotatable bonds is 10. The molecule has 2 aromatic rings. The van der Waals surface area contributed by atoms with E-state index in [1.54, 1.807) is 13.0 Å². The Morgan fingerprint density at radius 2 is 1.44 bits per heavy atom. The molecule has 2 unspecified atom stereocenters. The van der Waals surface area contributed by atoms with Crippen molar-refractivity contribution in [3.05, 3.63) is 64.2 Å². The number of aliphatic hydroxyl groups is 1. The van der Waals surface area contributed by atoms with E-state index in [1.807, 2.05) is 13.0 Å². The van der Waals surface area contributed by atoms with Gasteiger partial charge in [-0.05, 0) is 85.3 Å². The lowest BCUT2D eigenvalue weighted by Crippen LogP contribution is -2.33. The van der Waals surface area contributed by atoms with E-state index in [9.17, 15) is 13.5 Å². The summed E-state index contributed by atoms with van der Waals surface area (Å²) in [5, 5.41) is 10.7. The topological polar surface area (TPSA) is 63.6 Å². The SMILES string of the molecule is CCC(CC)(c1ccc(CC(C)C(O)C(C)(C)C)c(C)c1)c1ccc(OS(=O)(=O)CC)c(C)c1. The van der Waals surface area contributed by atoms with E-state index in [0.717, 1.165) is 24.8 Å². The smallest absolute Gasteiger partial charge is 0.308 e. The van der Waals surface area contributed by atoms with Gasteiger partial charge in [-0.3, -0.25) is 0 Å². The maximum atomic E-state index is 11.9. The van der Waals surface area contributed by atoms with Crippen LogP contribution < -0.4 is 4.18 Å². The Kier molecular flexibility index (Phi) is 9.04. The lowest BCUT2D eigenvalue weighted by atomic mass is 9.69. The molecule has 4 nitrogen and oxygen atoms in total. The normalized spacial score (nSPS) is 14.6. The van der Waals surface area contributed by atoms with Crippen molar-refractivity contribution < 1.29 is 17.7 Å². The minimum atomic E-state index is -3.56. The molecule has 0 aliphatic rings. The maximum Gasteiger partial charge on any atom is 0.308 e. The van der Waals surface area contributed by atoms with Crippen LogP contribution in [0.4, 0.5) is 0 Å². The molecule has 0 bridgehead atoms. The van der Waals surface area contributed by atoms with Gasteiger partial charge in [-0.1, -0.05) is 71.9 Å². The molecule has 0 radical (unpaired) electrons. The molecule has 0 saturated heterocycles. The van der Waals surface area contributed by atoms with Gasteiger partial charge in [-0.25, -0.2) is 0 Å². The minimum Gasteiger partial charge on any atom is -0.392 e. The van der Waals surface area contributed by atoms with Crippen LogP contribution in [0.15, 0.2) is 36.4 Å². The molecule has 0 amide bonds. The summed E-state index contributed by atoms with van der Waals surface area (Å²) in [6.07, 6.45) is 2.33. The molecule has 0 saturated carbocycles. The number of hydrogen-bond acceptors (Lipinski definition) is 4. The van der Waals surface area contributed by atoms with Gasteiger partial charge in [0, 0.05) is 5.41 Å². The molecule has 2 rings (SSSR count). The van der Waals surface area contributed by atoms with Gasteiger partial charge in [0.2, 0.25) is 0 Å². The summed E-state index contributed by atoms with van der Waals surface area (Å²) < 4.78 is 29.2. The van der Waals surface area contributed by atoms with Crippen LogP contribution in [0.3, 0.4) is 0 Å². The van der Waals surface area contributed by atoms with Crippen molar-refractivity contribution in [2.24, 2.45) is 11.3 Å². The maximum absolute atomic E-state index is 11.9. The fourth-order valence-corrected chi connectivity index (χ4v) is 5.58. The number of aryl methyl sites for hydroxylation is 2. The Labute approximate surface area is 207 Å². The first-order chi connectivity index (χ1) is 15.7. The summed E-state index contributed by atoms with van der Waals surface area (Å²) in [6.45, 7) is 18.4. The van der Waals surface area contributed by atoms with Crippen LogP contribution >= 0.6 is 0 Å². The largest absolute Gasteiger partial charge is 0.392 e. The predicted molar refractivity (Wildman–Crippen MR) is 142 cm³/mol. The second-order valence-corrected chi connectivity index (χ2v) is 12.7. The molecule has 190 valence electrons. The average molecular weight is 489 g/mol. The van der Waals surface area contributed by atoms with Crippen molar-refractivity contribution in [3.8, 4) is 5.75 Å². The number of benzene rings is 2. The third-order valence-electron chi connectivity index (χ3n) is 7.37. The highest BCUT2D eigenvalue weighted by Gasteiger charge is 2.32. The lowest BCUT2D eigenvalue weighted by molar-refractivity contribution is 0.0182. The van der Waals surface area contributed by atoms with Gasteiger partial charge >= 0.3 is 10.1 Å². The summed E-state index contributed by atoms with van der Waals surface area (Å²) in [4.78, 5) is 0. The third-order valence-corrected chi connectivity index (χ3v) is 8.51. The summed E-state index contributed by atoms with van der Waals surface area (Å²) in [7, 11) is -3.56. The van der Waals surface area contributed by atoms with E-state index in [4.69, 9.17) is 4.18 Å². The highest BCUT2D eigenvalue weighted by atomic mass is 32.2. The van der Waals surface area contributed by atoms with Gasteiger partial charge in [0.1, 0.15) is 5.75 Å². The van der Waals surface area contributed by atoms with Gasteiger partial charge in [0.15, 0.2) is 0 Å². The molecule has 2 aromatic carbocycles. The van der Waals surface area contributed by atoms with Gasteiger partial charge in [-0.2, -0.15) is 8.42 Å². The summed E-state index contributed by atoms with van der Waals surface area (Å²) in [6, 6.07) is 12.6. The molecule has 34 heavy (non-hydrogen) atoms. The Morgan fingerprint density at radius 3 is 1.88 bits per heavy atom. The number of hydrogen-bond donors (Lipinski definition) is 1. The third kappa shape index (κ3) is 6.23. The van der Waals surface area contributed by atoms with Crippen molar-refractivity contribution in [3.63, 3.8) is 0 Å². The summed E-state index contributed by atoms with van der Waals surface area (Å²) >= 11 is 0. The first-order valence-corrected chi connectivity index (χ1v) is 14.1. The van der Waals surface area contributed by atoms with E-state index in [1.165, 1.54) is 22.3 Å². The molecular weight excluding hydrogens is 444 g/mol. The van der Waals surface area contributed by atoms with Gasteiger partial charge in [0.05, 0.1) is 11.9 Å². The van der Waals surface area contributed by atoms with Crippen LogP contribution in [0.2, 0.25) is 0 Å². The van der Waals surface area contributed by atoms with Crippen LogP contribution in [0.1, 0.15) is 89.1 Å². The van der Waals surface area contributed by atoms with Crippen LogP contribution in [-0.4, -0.2) is 25.4 Å². The Morgan fingerprint density at radius 1 is 0.912 bits per heavy atom. The van der Waals surface area contributed by atoms with Crippen LogP contribution in [-0.2, 0) is 22.0 Å². The monoisotopic (exact) mass is 488 g/mol. The molecule has 0 heterocycles. The first kappa shape index (κ1) is 28.4. The van der Waals surface area contributed by atoms with Gasteiger partial charge in [0.25, 0.3) is 0 Å². The van der Waals surface area contributed by atoms with E-state index in [0.29, 0.717) is 5.75 Å². The summed E-state index contributed by atoms with van der Waals surface area (Å²) in [5.74, 6) is 0.505. The minimum absolute atomic E-state index is 0.0565. The van der Waals surface area contributed by atoms with Crippen molar-refractivity contribution in [1.29, 1.82) is 0 Å². The molecule has 0 fully saturated rings. The second-order valence-electron chi connectivity index (χ2n) is 10.8. The van der Waals surface area contributed by atoms with Crippen LogP contribution in [0.5, 0.6) is 5.75 Å². The van der Waals surface area contributed by atoms with E-state index < -0.39 is 10.1 Å². The quantitative estimate of drug-likeness (QED) is 0.377. The molecule has 0 aliphatic heterocycles. The predicted octanol–water partition coefficient (Wildman–Crippen LogP) is 6.72. The highest BCUT2D eigenvalue weighted by Crippen LogP contribution is 2.41. The standard InChI is InChI=1S/C29H44O4S/c1-10-29(11-2,25-15-16-26(21(5)19-25)33-34(31,32)12-3)24-14-13-23(20(4)18-24)17-22(6)27(30)28(7,8)9/h13-16,18-19,22,27,30H,10-12,17H2,1-9H3. The molecule has 1 N–H and O–H groups in total. The van der Waals surface area contributed by atoms with Crippen LogP contribution in [0, 0.1) is 25.2 Å². The Balaban J connectivity index is 2.42. The Hall–Kier alpha value is -1.85. The van der Waals surface area contributed by atoms with E-state index >= 15 is 0 Å². The van der Waals surface area contributed by atoms with Crippen molar-refractivity contribution >= 4 is 10.1 Å². The zero-order valence-corrected chi connectivity index (χ0v) is 23.3. The second kappa shape index (κ2) is 10.8. The fourth-order valence-electron chi connectivity index (χ4n) is 5.00. The number of aliphatic hydroxyl groups excluding tert-OH is 1. The summed E-state index contributed by atoms with van der Waals surface area (Å²) in [5.41, 5.74) is 5.44. The highest BCUT2D eigenvalue weighted by molar-refractivity contribution is 7.87. The molecular formula is C29H44O4S. The molecule has 5 heteroatoms. The van der Waals surface area contributed by atoms with Crippen LogP contribution in [0.25, 0.3) is 0 Å². The van der Waals surface area contributed by atoms with Gasteiger partial charge < -0.3 is 9.29 Å². The fraction of sp³-hybridized carbons (Fsp3) is 0.586. The van der Waals surface area contributed by atoms with Crippen molar-refractivity contribution in [2.75, 3.05) is 5.75 Å². The molecule has 0 aliphatic carbocycles. The average Bonchev–Trinajstić information content (AvgIpc) is 2.77. The van der Waals surface area contributed by atoms with E-state index in [-0.39, 0.29) is 28.6 Å². The first-order valence-electron chi connectivity index (χ1n) is 12.5. The molecule has 0 aromatic heterocycles. The lowest BCUT2D eigenvalue weighted by Gasteiger charge is -2.35. The Bertz CT molecular complexity index is 1080.